The van der Waals surface area contributed by atoms with E-state index in [1.54, 1.807) is 12.1 Å². The number of benzene rings is 2. The monoisotopic (exact) mass is 400 g/mol. The Morgan fingerprint density at radius 2 is 1.48 bits per heavy atom. The number of rotatable bonds is 13. The number of anilines is 1. The third-order valence-corrected chi connectivity index (χ3v) is 4.32. The number of unbranched alkanes of at least 4 members (excludes halogenated alkanes) is 5. The minimum absolute atomic E-state index is 0.0296. The zero-order chi connectivity index (χ0) is 20.9. The van der Waals surface area contributed by atoms with Crippen LogP contribution in [-0.2, 0) is 4.79 Å². The third-order valence-electron chi connectivity index (χ3n) is 4.32. The van der Waals surface area contributed by atoms with Crippen LogP contribution in [0.1, 0.15) is 45.4 Å². The summed E-state index contributed by atoms with van der Waals surface area (Å²) in [5, 5.41) is 13.3. The number of carbonyl (C=O) groups excluding carboxylic acids is 1. The Labute approximate surface area is 171 Å². The van der Waals surface area contributed by atoms with Crippen molar-refractivity contribution in [2.75, 3.05) is 18.5 Å². The molecule has 0 spiro atoms. The van der Waals surface area contributed by atoms with Crippen molar-refractivity contribution in [1.82, 2.24) is 0 Å². The molecule has 2 aromatic rings. The van der Waals surface area contributed by atoms with Crippen molar-refractivity contribution < 1.29 is 19.2 Å². The standard InChI is InChI=1S/C22H28N2O5/c1-2-3-4-5-6-7-16-28-20-12-14-21(15-13-20)29-17-22(25)23-18-8-10-19(11-9-18)24(26)27/h8-15H,2-7,16-17H2,1H3,(H,23,25). The highest BCUT2D eigenvalue weighted by atomic mass is 16.6. The van der Waals surface area contributed by atoms with Gasteiger partial charge in [-0.05, 0) is 42.8 Å². The van der Waals surface area contributed by atoms with Crippen molar-refractivity contribution in [3.8, 4) is 11.5 Å². The van der Waals surface area contributed by atoms with Gasteiger partial charge in [-0.1, -0.05) is 39.0 Å². The number of nitrogens with zero attached hydrogens (tertiary/aromatic N) is 1. The first-order chi connectivity index (χ1) is 14.1. The predicted molar refractivity (Wildman–Crippen MR) is 113 cm³/mol. The van der Waals surface area contributed by atoms with Crippen LogP contribution in [0.15, 0.2) is 48.5 Å². The zero-order valence-electron chi connectivity index (χ0n) is 16.8. The van der Waals surface area contributed by atoms with Crippen LogP contribution in [-0.4, -0.2) is 24.0 Å². The summed E-state index contributed by atoms with van der Waals surface area (Å²) in [4.78, 5) is 22.1. The lowest BCUT2D eigenvalue weighted by molar-refractivity contribution is -0.384. The summed E-state index contributed by atoms with van der Waals surface area (Å²) in [5.41, 5.74) is 0.445. The molecule has 2 aromatic carbocycles. The number of nitro benzene ring substituents is 1. The Morgan fingerprint density at radius 1 is 0.897 bits per heavy atom. The maximum Gasteiger partial charge on any atom is 0.269 e. The van der Waals surface area contributed by atoms with Gasteiger partial charge in [-0.2, -0.15) is 0 Å². The Hall–Kier alpha value is -3.09. The molecular weight excluding hydrogens is 372 g/mol. The average molecular weight is 400 g/mol. The largest absolute Gasteiger partial charge is 0.494 e. The molecule has 0 saturated carbocycles. The van der Waals surface area contributed by atoms with Crippen molar-refractivity contribution in [2.24, 2.45) is 0 Å². The van der Waals surface area contributed by atoms with Crippen molar-refractivity contribution in [2.45, 2.75) is 45.4 Å². The van der Waals surface area contributed by atoms with Crippen molar-refractivity contribution >= 4 is 17.3 Å². The molecule has 0 unspecified atom stereocenters. The number of hydrogen-bond donors (Lipinski definition) is 1. The van der Waals surface area contributed by atoms with E-state index in [-0.39, 0.29) is 18.2 Å². The maximum atomic E-state index is 11.9. The Bertz CT molecular complexity index is 760. The molecule has 0 saturated heterocycles. The normalized spacial score (nSPS) is 10.4. The Balaban J connectivity index is 1.66. The molecule has 0 radical (unpaired) electrons. The summed E-state index contributed by atoms with van der Waals surface area (Å²) < 4.78 is 11.2. The second-order valence-electron chi connectivity index (χ2n) is 6.73. The second-order valence-corrected chi connectivity index (χ2v) is 6.73. The first kappa shape index (κ1) is 22.2. The third kappa shape index (κ3) is 8.64. The molecule has 0 aliphatic carbocycles. The van der Waals surface area contributed by atoms with Gasteiger partial charge in [0.15, 0.2) is 6.61 Å². The molecule has 0 aliphatic rings. The number of non-ortho nitro benzene ring substituents is 1. The highest BCUT2D eigenvalue weighted by Crippen LogP contribution is 2.19. The molecule has 0 heterocycles. The van der Waals surface area contributed by atoms with E-state index in [1.807, 2.05) is 12.1 Å². The van der Waals surface area contributed by atoms with Gasteiger partial charge in [0.1, 0.15) is 11.5 Å². The number of nitro groups is 1. The average Bonchev–Trinajstić information content (AvgIpc) is 2.73. The molecule has 0 fully saturated rings. The Kier molecular flexibility index (Phi) is 9.48. The fourth-order valence-corrected chi connectivity index (χ4v) is 2.72. The van der Waals surface area contributed by atoms with Gasteiger partial charge in [0.25, 0.3) is 11.6 Å². The lowest BCUT2D eigenvalue weighted by atomic mass is 10.1. The number of ether oxygens (including phenoxy) is 2. The number of nitrogens with one attached hydrogen (secondary N) is 1. The summed E-state index contributed by atoms with van der Waals surface area (Å²) in [7, 11) is 0. The van der Waals surface area contributed by atoms with E-state index in [2.05, 4.69) is 12.2 Å². The summed E-state index contributed by atoms with van der Waals surface area (Å²) in [6, 6.07) is 12.8. The number of carbonyl (C=O) groups is 1. The molecular formula is C22H28N2O5. The van der Waals surface area contributed by atoms with Crippen LogP contribution in [0.25, 0.3) is 0 Å². The van der Waals surface area contributed by atoms with E-state index in [0.717, 1.165) is 12.2 Å². The van der Waals surface area contributed by atoms with Crippen LogP contribution < -0.4 is 14.8 Å². The lowest BCUT2D eigenvalue weighted by Crippen LogP contribution is -2.20. The molecule has 0 bridgehead atoms. The molecule has 2 rings (SSSR count). The predicted octanol–water partition coefficient (Wildman–Crippen LogP) is 5.35. The van der Waals surface area contributed by atoms with Gasteiger partial charge in [0.2, 0.25) is 0 Å². The highest BCUT2D eigenvalue weighted by molar-refractivity contribution is 5.91. The van der Waals surface area contributed by atoms with E-state index < -0.39 is 4.92 Å². The van der Waals surface area contributed by atoms with Gasteiger partial charge >= 0.3 is 0 Å². The van der Waals surface area contributed by atoms with Crippen LogP contribution >= 0.6 is 0 Å². The van der Waals surface area contributed by atoms with Crippen LogP contribution in [0.4, 0.5) is 11.4 Å². The maximum absolute atomic E-state index is 11.9. The molecule has 0 aromatic heterocycles. The second kappa shape index (κ2) is 12.4. The van der Waals surface area contributed by atoms with Gasteiger partial charge in [0, 0.05) is 17.8 Å². The SMILES string of the molecule is CCCCCCCCOc1ccc(OCC(=O)Nc2ccc([N+](=O)[O-])cc2)cc1. The summed E-state index contributed by atoms with van der Waals surface area (Å²) in [6.07, 6.45) is 7.33. The molecule has 29 heavy (non-hydrogen) atoms. The highest BCUT2D eigenvalue weighted by Gasteiger charge is 2.07. The smallest absolute Gasteiger partial charge is 0.269 e. The van der Waals surface area contributed by atoms with E-state index in [9.17, 15) is 14.9 Å². The van der Waals surface area contributed by atoms with Gasteiger partial charge < -0.3 is 14.8 Å². The first-order valence-electron chi connectivity index (χ1n) is 9.98. The fourth-order valence-electron chi connectivity index (χ4n) is 2.72. The van der Waals surface area contributed by atoms with Gasteiger partial charge in [-0.25, -0.2) is 0 Å². The molecule has 1 N–H and O–H groups in total. The number of hydrogen-bond acceptors (Lipinski definition) is 5. The molecule has 0 aliphatic heterocycles. The quantitative estimate of drug-likeness (QED) is 0.278. The molecule has 1 amide bonds. The van der Waals surface area contributed by atoms with E-state index >= 15 is 0 Å². The van der Waals surface area contributed by atoms with Crippen molar-refractivity contribution in [3.63, 3.8) is 0 Å². The molecule has 0 atom stereocenters. The summed E-state index contributed by atoms with van der Waals surface area (Å²) in [6.45, 7) is 2.75. The topological polar surface area (TPSA) is 90.7 Å². The molecule has 7 nitrogen and oxygen atoms in total. The van der Waals surface area contributed by atoms with Crippen LogP contribution in [0, 0.1) is 10.1 Å². The van der Waals surface area contributed by atoms with Crippen molar-refractivity contribution in [3.05, 3.63) is 58.6 Å². The molecule has 7 heteroatoms. The number of amides is 1. The van der Waals surface area contributed by atoms with Crippen LogP contribution in [0.2, 0.25) is 0 Å². The zero-order valence-corrected chi connectivity index (χ0v) is 16.8. The van der Waals surface area contributed by atoms with Gasteiger partial charge in [0.05, 0.1) is 11.5 Å². The van der Waals surface area contributed by atoms with Crippen LogP contribution in [0.5, 0.6) is 11.5 Å². The van der Waals surface area contributed by atoms with E-state index in [0.29, 0.717) is 18.0 Å². The fraction of sp³-hybridized carbons (Fsp3) is 0.409. The summed E-state index contributed by atoms with van der Waals surface area (Å²) in [5.74, 6) is 0.999. The van der Waals surface area contributed by atoms with E-state index in [1.165, 1.54) is 56.4 Å². The van der Waals surface area contributed by atoms with Gasteiger partial charge in [-0.15, -0.1) is 0 Å². The first-order valence-corrected chi connectivity index (χ1v) is 9.98. The van der Waals surface area contributed by atoms with Crippen molar-refractivity contribution in [1.29, 1.82) is 0 Å². The minimum Gasteiger partial charge on any atom is -0.494 e. The van der Waals surface area contributed by atoms with Gasteiger partial charge in [-0.3, -0.25) is 14.9 Å². The lowest BCUT2D eigenvalue weighted by Gasteiger charge is -2.09. The molecule has 156 valence electrons. The Morgan fingerprint density at radius 3 is 2.10 bits per heavy atom. The van der Waals surface area contributed by atoms with E-state index in [4.69, 9.17) is 9.47 Å². The van der Waals surface area contributed by atoms with Crippen LogP contribution in [0.3, 0.4) is 0 Å². The summed E-state index contributed by atoms with van der Waals surface area (Å²) >= 11 is 0. The minimum atomic E-state index is -0.490.